The highest BCUT2D eigenvalue weighted by Gasteiger charge is 2.27. The summed E-state index contributed by atoms with van der Waals surface area (Å²) in [5, 5.41) is 8.09. The number of rotatable bonds is 3. The number of guanidine groups is 1. The molecule has 1 aliphatic heterocycles. The number of hydrogen-bond donors (Lipinski definition) is 3. The Morgan fingerprint density at radius 2 is 1.88 bits per heavy atom. The Bertz CT molecular complexity index is 792. The van der Waals surface area contributed by atoms with Crippen molar-refractivity contribution in [1.29, 1.82) is 0 Å². The van der Waals surface area contributed by atoms with Gasteiger partial charge in [-0.05, 0) is 30.3 Å². The minimum absolute atomic E-state index is 0.0683. The van der Waals surface area contributed by atoms with Crippen LogP contribution in [0.4, 0.5) is 15.8 Å². The average molecular weight is 326 g/mol. The number of benzene rings is 2. The number of para-hydroxylation sites is 1. The lowest BCUT2D eigenvalue weighted by atomic mass is 10.1. The van der Waals surface area contributed by atoms with E-state index >= 15 is 0 Å². The van der Waals surface area contributed by atoms with Gasteiger partial charge in [0.2, 0.25) is 17.8 Å². The predicted octanol–water partition coefficient (Wildman–Crippen LogP) is 2.12. The Morgan fingerprint density at radius 1 is 1.12 bits per heavy atom. The zero-order valence-corrected chi connectivity index (χ0v) is 12.6. The van der Waals surface area contributed by atoms with Crippen LogP contribution in [0.3, 0.4) is 0 Å². The van der Waals surface area contributed by atoms with E-state index in [0.29, 0.717) is 5.69 Å². The molecule has 0 saturated carbocycles. The molecule has 3 N–H and O–H groups in total. The summed E-state index contributed by atoms with van der Waals surface area (Å²) in [6, 6.07) is 13.8. The van der Waals surface area contributed by atoms with Crippen molar-refractivity contribution in [3.8, 4) is 0 Å². The van der Waals surface area contributed by atoms with Crippen LogP contribution in [0.5, 0.6) is 0 Å². The molecule has 1 aliphatic rings. The van der Waals surface area contributed by atoms with Gasteiger partial charge in [-0.25, -0.2) is 9.38 Å². The third kappa shape index (κ3) is 3.95. The van der Waals surface area contributed by atoms with Crippen LogP contribution in [0, 0.1) is 5.82 Å². The fourth-order valence-corrected chi connectivity index (χ4v) is 2.26. The number of nitrogens with zero attached hydrogens (tertiary/aromatic N) is 1. The van der Waals surface area contributed by atoms with Gasteiger partial charge in [0.1, 0.15) is 11.9 Å². The van der Waals surface area contributed by atoms with Crippen LogP contribution in [0.1, 0.15) is 6.42 Å². The van der Waals surface area contributed by atoms with Crippen molar-refractivity contribution in [2.24, 2.45) is 4.99 Å². The van der Waals surface area contributed by atoms with Gasteiger partial charge in [0, 0.05) is 11.4 Å². The zero-order valence-electron chi connectivity index (χ0n) is 12.6. The second-order valence-electron chi connectivity index (χ2n) is 5.24. The van der Waals surface area contributed by atoms with Crippen LogP contribution in [-0.4, -0.2) is 23.8 Å². The summed E-state index contributed by atoms with van der Waals surface area (Å²) in [6.07, 6.45) is -0.0683. The second kappa shape index (κ2) is 6.91. The first-order valence-electron chi connectivity index (χ1n) is 7.36. The smallest absolute Gasteiger partial charge is 0.249 e. The molecule has 2 amide bonds. The van der Waals surface area contributed by atoms with Crippen molar-refractivity contribution in [1.82, 2.24) is 5.32 Å². The summed E-state index contributed by atoms with van der Waals surface area (Å²) in [5.74, 6) is -1.04. The van der Waals surface area contributed by atoms with E-state index in [1.807, 2.05) is 30.3 Å². The predicted molar refractivity (Wildman–Crippen MR) is 89.1 cm³/mol. The molecule has 1 atom stereocenters. The highest BCUT2D eigenvalue weighted by Crippen LogP contribution is 2.13. The van der Waals surface area contributed by atoms with E-state index in [-0.39, 0.29) is 18.3 Å². The monoisotopic (exact) mass is 326 g/mol. The van der Waals surface area contributed by atoms with Crippen molar-refractivity contribution in [3.05, 3.63) is 60.4 Å². The highest BCUT2D eigenvalue weighted by molar-refractivity contribution is 6.09. The van der Waals surface area contributed by atoms with E-state index in [1.165, 1.54) is 18.2 Å². The first-order valence-corrected chi connectivity index (χ1v) is 7.36. The maximum atomic E-state index is 13.2. The van der Waals surface area contributed by atoms with Crippen LogP contribution in [0.2, 0.25) is 0 Å². The zero-order chi connectivity index (χ0) is 16.9. The van der Waals surface area contributed by atoms with Crippen LogP contribution in [-0.2, 0) is 9.59 Å². The SMILES string of the molecule is O=C1C[C@@H](C(=O)Nc2cccc(F)c2)N=C(Nc2ccccc2)N1. The normalized spacial score (nSPS) is 16.8. The lowest BCUT2D eigenvalue weighted by molar-refractivity contribution is -0.124. The minimum Gasteiger partial charge on any atom is -0.326 e. The van der Waals surface area contributed by atoms with Gasteiger partial charge in [-0.2, -0.15) is 0 Å². The largest absolute Gasteiger partial charge is 0.326 e. The van der Waals surface area contributed by atoms with E-state index in [4.69, 9.17) is 0 Å². The molecule has 2 aromatic rings. The number of hydrogen-bond acceptors (Lipinski definition) is 4. The lowest BCUT2D eigenvalue weighted by Gasteiger charge is -2.21. The number of carbonyl (C=O) groups excluding carboxylic acids is 2. The van der Waals surface area contributed by atoms with Gasteiger partial charge in [0.15, 0.2) is 0 Å². The quantitative estimate of drug-likeness (QED) is 0.808. The van der Waals surface area contributed by atoms with Crippen molar-refractivity contribution < 1.29 is 14.0 Å². The average Bonchev–Trinajstić information content (AvgIpc) is 2.55. The molecule has 7 heteroatoms. The Morgan fingerprint density at radius 3 is 2.62 bits per heavy atom. The van der Waals surface area contributed by atoms with Crippen LogP contribution < -0.4 is 16.0 Å². The van der Waals surface area contributed by atoms with Crippen LogP contribution in [0.25, 0.3) is 0 Å². The molecule has 0 aromatic heterocycles. The number of anilines is 2. The Balaban J connectivity index is 1.73. The third-order valence-corrected chi connectivity index (χ3v) is 3.35. The molecule has 6 nitrogen and oxygen atoms in total. The second-order valence-corrected chi connectivity index (χ2v) is 5.24. The summed E-state index contributed by atoms with van der Waals surface area (Å²) >= 11 is 0. The fourth-order valence-electron chi connectivity index (χ4n) is 2.26. The third-order valence-electron chi connectivity index (χ3n) is 3.35. The molecule has 0 unspecified atom stereocenters. The summed E-state index contributed by atoms with van der Waals surface area (Å²) < 4.78 is 13.2. The molecule has 0 radical (unpaired) electrons. The van der Waals surface area contributed by atoms with E-state index in [1.54, 1.807) is 6.07 Å². The van der Waals surface area contributed by atoms with Gasteiger partial charge >= 0.3 is 0 Å². The molecule has 0 fully saturated rings. The summed E-state index contributed by atoms with van der Waals surface area (Å²) in [4.78, 5) is 28.3. The van der Waals surface area contributed by atoms with E-state index in [0.717, 1.165) is 5.69 Å². The Kier molecular flexibility index (Phi) is 4.51. The van der Waals surface area contributed by atoms with E-state index < -0.39 is 17.8 Å². The van der Waals surface area contributed by atoms with Crippen molar-refractivity contribution in [2.45, 2.75) is 12.5 Å². The maximum Gasteiger partial charge on any atom is 0.249 e. The molecule has 1 heterocycles. The first-order chi connectivity index (χ1) is 11.6. The minimum atomic E-state index is -0.881. The molecule has 0 saturated heterocycles. The van der Waals surface area contributed by atoms with Crippen molar-refractivity contribution in [3.63, 3.8) is 0 Å². The van der Waals surface area contributed by atoms with Gasteiger partial charge in [0.05, 0.1) is 6.42 Å². The molecule has 122 valence electrons. The molecule has 0 aliphatic carbocycles. The lowest BCUT2D eigenvalue weighted by Crippen LogP contribution is -2.45. The maximum absolute atomic E-state index is 13.2. The van der Waals surface area contributed by atoms with E-state index in [2.05, 4.69) is 20.9 Å². The number of nitrogens with one attached hydrogen (secondary N) is 3. The summed E-state index contributed by atoms with van der Waals surface area (Å²) in [5.41, 5.74) is 1.06. The standard InChI is InChI=1S/C17H15FN4O2/c18-11-5-4-8-13(9-11)19-16(24)14-10-15(23)22-17(21-14)20-12-6-2-1-3-7-12/h1-9,14H,10H2,(H,19,24)(H2,20,21,22,23)/t14-/m0/s1. The van der Waals surface area contributed by atoms with Gasteiger partial charge in [0.25, 0.3) is 0 Å². The topological polar surface area (TPSA) is 82.6 Å². The van der Waals surface area contributed by atoms with Gasteiger partial charge < -0.3 is 10.6 Å². The van der Waals surface area contributed by atoms with Gasteiger partial charge in [-0.3, -0.25) is 14.9 Å². The molecule has 0 bridgehead atoms. The Hall–Kier alpha value is -3.22. The number of amides is 2. The summed E-state index contributed by atoms with van der Waals surface area (Å²) in [6.45, 7) is 0. The van der Waals surface area contributed by atoms with Gasteiger partial charge in [-0.1, -0.05) is 24.3 Å². The molecule has 0 spiro atoms. The highest BCUT2D eigenvalue weighted by atomic mass is 19.1. The fraction of sp³-hybridized carbons (Fsp3) is 0.118. The van der Waals surface area contributed by atoms with Gasteiger partial charge in [-0.15, -0.1) is 0 Å². The molecule has 24 heavy (non-hydrogen) atoms. The van der Waals surface area contributed by atoms with Crippen molar-refractivity contribution in [2.75, 3.05) is 10.6 Å². The molecular weight excluding hydrogens is 311 g/mol. The Labute approximate surface area is 137 Å². The summed E-state index contributed by atoms with van der Waals surface area (Å²) in [7, 11) is 0. The number of carbonyl (C=O) groups is 2. The van der Waals surface area contributed by atoms with Crippen LogP contribution in [0.15, 0.2) is 59.6 Å². The van der Waals surface area contributed by atoms with E-state index in [9.17, 15) is 14.0 Å². The number of aliphatic imine (C=N–C) groups is 1. The first kappa shape index (κ1) is 15.7. The number of halogens is 1. The molecular formula is C17H15FN4O2. The molecule has 2 aromatic carbocycles. The van der Waals surface area contributed by atoms with Crippen LogP contribution >= 0.6 is 0 Å². The van der Waals surface area contributed by atoms with Crippen molar-refractivity contribution >= 4 is 29.1 Å². The molecule has 3 rings (SSSR count).